The molecule has 3 aromatic rings. The number of benzene rings is 1. The number of rotatable bonds is 3. The van der Waals surface area contributed by atoms with E-state index in [9.17, 15) is 4.79 Å². The number of carbonyl (C=O) groups excluding carboxylic acids is 1. The summed E-state index contributed by atoms with van der Waals surface area (Å²) in [7, 11) is 0. The standard InChI is InChI=1S/C15H12N2O2/c18-15(12-5-3-7-16-9-12)19-10-13-8-11-4-1-2-6-14(11)17-13/h1-9,17H,10H2. The number of pyridine rings is 1. The third-order valence-electron chi connectivity index (χ3n) is 2.84. The third kappa shape index (κ3) is 2.47. The molecule has 0 bridgehead atoms. The van der Waals surface area contributed by atoms with Crippen LogP contribution in [0.15, 0.2) is 54.9 Å². The molecule has 94 valence electrons. The summed E-state index contributed by atoms with van der Waals surface area (Å²) in [4.78, 5) is 18.9. The molecule has 0 aliphatic rings. The zero-order chi connectivity index (χ0) is 13.1. The zero-order valence-electron chi connectivity index (χ0n) is 10.2. The normalized spacial score (nSPS) is 10.5. The van der Waals surface area contributed by atoms with Crippen LogP contribution in [0.1, 0.15) is 16.1 Å². The first-order valence-electron chi connectivity index (χ1n) is 5.97. The fraction of sp³-hybridized carbons (Fsp3) is 0.0667. The lowest BCUT2D eigenvalue weighted by molar-refractivity contribution is 0.0468. The maximum Gasteiger partial charge on any atom is 0.340 e. The van der Waals surface area contributed by atoms with Crippen LogP contribution >= 0.6 is 0 Å². The topological polar surface area (TPSA) is 55.0 Å². The third-order valence-corrected chi connectivity index (χ3v) is 2.84. The van der Waals surface area contributed by atoms with Gasteiger partial charge in [-0.25, -0.2) is 4.79 Å². The predicted octanol–water partition coefficient (Wildman–Crippen LogP) is 2.92. The largest absolute Gasteiger partial charge is 0.456 e. The Bertz CT molecular complexity index is 671. The minimum atomic E-state index is -0.369. The van der Waals surface area contributed by atoms with Gasteiger partial charge in [-0.2, -0.15) is 0 Å². The lowest BCUT2D eigenvalue weighted by atomic mass is 10.2. The number of aromatic amines is 1. The maximum absolute atomic E-state index is 11.8. The van der Waals surface area contributed by atoms with E-state index in [4.69, 9.17) is 4.74 Å². The van der Waals surface area contributed by atoms with Gasteiger partial charge in [0.25, 0.3) is 0 Å². The Morgan fingerprint density at radius 2 is 2.11 bits per heavy atom. The molecule has 0 radical (unpaired) electrons. The molecule has 4 nitrogen and oxygen atoms in total. The van der Waals surface area contributed by atoms with Crippen molar-refractivity contribution in [3.63, 3.8) is 0 Å². The summed E-state index contributed by atoms with van der Waals surface area (Å²) >= 11 is 0. The molecule has 0 fully saturated rings. The van der Waals surface area contributed by atoms with Crippen LogP contribution < -0.4 is 0 Å². The van der Waals surface area contributed by atoms with Crippen molar-refractivity contribution in [3.05, 3.63) is 66.1 Å². The molecule has 19 heavy (non-hydrogen) atoms. The van der Waals surface area contributed by atoms with Gasteiger partial charge in [0.2, 0.25) is 0 Å². The Hall–Kier alpha value is -2.62. The number of carbonyl (C=O) groups is 1. The van der Waals surface area contributed by atoms with Crippen molar-refractivity contribution in [2.24, 2.45) is 0 Å². The Labute approximate surface area is 110 Å². The lowest BCUT2D eigenvalue weighted by Crippen LogP contribution is -2.05. The number of nitrogens with one attached hydrogen (secondary N) is 1. The number of hydrogen-bond acceptors (Lipinski definition) is 3. The van der Waals surface area contributed by atoms with Crippen LogP contribution in [-0.4, -0.2) is 15.9 Å². The maximum atomic E-state index is 11.8. The SMILES string of the molecule is O=C(OCc1cc2ccccc2[nH]1)c1cccnc1. The van der Waals surface area contributed by atoms with Gasteiger partial charge in [0.1, 0.15) is 6.61 Å². The number of H-pyrrole nitrogens is 1. The highest BCUT2D eigenvalue weighted by atomic mass is 16.5. The molecular weight excluding hydrogens is 240 g/mol. The summed E-state index contributed by atoms with van der Waals surface area (Å²) in [5.74, 6) is -0.369. The van der Waals surface area contributed by atoms with Crippen LogP contribution in [0.4, 0.5) is 0 Å². The van der Waals surface area contributed by atoms with Crippen molar-refractivity contribution >= 4 is 16.9 Å². The number of para-hydroxylation sites is 1. The Morgan fingerprint density at radius 3 is 2.89 bits per heavy atom. The Balaban J connectivity index is 1.71. The van der Waals surface area contributed by atoms with E-state index in [2.05, 4.69) is 9.97 Å². The van der Waals surface area contributed by atoms with Crippen LogP contribution in [0.2, 0.25) is 0 Å². The highest BCUT2D eigenvalue weighted by Gasteiger charge is 2.08. The molecule has 1 N–H and O–H groups in total. The second-order valence-electron chi connectivity index (χ2n) is 4.20. The van der Waals surface area contributed by atoms with Crippen LogP contribution in [0.3, 0.4) is 0 Å². The van der Waals surface area contributed by atoms with Crippen molar-refractivity contribution in [2.75, 3.05) is 0 Å². The van der Waals surface area contributed by atoms with E-state index in [0.717, 1.165) is 16.6 Å². The van der Waals surface area contributed by atoms with Gasteiger partial charge in [0, 0.05) is 17.9 Å². The summed E-state index contributed by atoms with van der Waals surface area (Å²) < 4.78 is 5.23. The van der Waals surface area contributed by atoms with Crippen molar-refractivity contribution in [1.29, 1.82) is 0 Å². The van der Waals surface area contributed by atoms with E-state index in [1.54, 1.807) is 18.3 Å². The van der Waals surface area contributed by atoms with Gasteiger partial charge in [-0.1, -0.05) is 18.2 Å². The summed E-state index contributed by atoms with van der Waals surface area (Å²) in [5.41, 5.74) is 2.37. The van der Waals surface area contributed by atoms with Gasteiger partial charge in [-0.15, -0.1) is 0 Å². The highest BCUT2D eigenvalue weighted by Crippen LogP contribution is 2.15. The number of fused-ring (bicyclic) bond motifs is 1. The first kappa shape index (κ1) is 11.5. The van der Waals surface area contributed by atoms with E-state index in [1.165, 1.54) is 6.20 Å². The second-order valence-corrected chi connectivity index (χ2v) is 4.20. The Kier molecular flexibility index (Phi) is 2.98. The van der Waals surface area contributed by atoms with Crippen LogP contribution in [0, 0.1) is 0 Å². The molecule has 0 atom stereocenters. The van der Waals surface area contributed by atoms with Gasteiger partial charge < -0.3 is 9.72 Å². The minimum Gasteiger partial charge on any atom is -0.456 e. The van der Waals surface area contributed by atoms with Gasteiger partial charge in [0.05, 0.1) is 11.3 Å². The predicted molar refractivity (Wildman–Crippen MR) is 71.7 cm³/mol. The number of aromatic nitrogens is 2. The number of nitrogens with zero attached hydrogens (tertiary/aromatic N) is 1. The monoisotopic (exact) mass is 252 g/mol. The molecule has 0 saturated heterocycles. The van der Waals surface area contributed by atoms with Crippen molar-refractivity contribution in [3.8, 4) is 0 Å². The first-order valence-corrected chi connectivity index (χ1v) is 5.97. The number of hydrogen-bond donors (Lipinski definition) is 1. The van der Waals surface area contributed by atoms with Crippen LogP contribution in [0.25, 0.3) is 10.9 Å². The number of ether oxygens (including phenoxy) is 1. The molecule has 2 heterocycles. The van der Waals surface area contributed by atoms with Gasteiger partial charge in [-0.05, 0) is 29.7 Å². The molecule has 4 heteroatoms. The van der Waals surface area contributed by atoms with E-state index in [0.29, 0.717) is 5.56 Å². The molecule has 0 amide bonds. The zero-order valence-corrected chi connectivity index (χ0v) is 10.2. The number of esters is 1. The van der Waals surface area contributed by atoms with E-state index >= 15 is 0 Å². The fourth-order valence-corrected chi connectivity index (χ4v) is 1.92. The smallest absolute Gasteiger partial charge is 0.340 e. The lowest BCUT2D eigenvalue weighted by Gasteiger charge is -2.02. The summed E-state index contributed by atoms with van der Waals surface area (Å²) in [6.07, 6.45) is 3.11. The van der Waals surface area contributed by atoms with Gasteiger partial charge in [0.15, 0.2) is 0 Å². The van der Waals surface area contributed by atoms with Crippen molar-refractivity contribution in [1.82, 2.24) is 9.97 Å². The summed E-state index contributed by atoms with van der Waals surface area (Å²) in [6.45, 7) is 0.225. The molecule has 1 aromatic carbocycles. The molecule has 0 saturated carbocycles. The van der Waals surface area contributed by atoms with Crippen LogP contribution in [-0.2, 0) is 11.3 Å². The van der Waals surface area contributed by atoms with Gasteiger partial charge in [-0.3, -0.25) is 4.98 Å². The molecule has 2 aromatic heterocycles. The Morgan fingerprint density at radius 1 is 1.21 bits per heavy atom. The summed E-state index contributed by atoms with van der Waals surface area (Å²) in [5, 5.41) is 1.11. The van der Waals surface area contributed by atoms with Crippen molar-refractivity contribution in [2.45, 2.75) is 6.61 Å². The average Bonchev–Trinajstić information content (AvgIpc) is 2.88. The second kappa shape index (κ2) is 4.94. The molecule has 0 unspecified atom stereocenters. The minimum absolute atomic E-state index is 0.225. The van der Waals surface area contributed by atoms with Gasteiger partial charge >= 0.3 is 5.97 Å². The van der Waals surface area contributed by atoms with E-state index < -0.39 is 0 Å². The molecule has 3 rings (SSSR count). The first-order chi connectivity index (χ1) is 9.33. The quantitative estimate of drug-likeness (QED) is 0.729. The average molecular weight is 252 g/mol. The fourth-order valence-electron chi connectivity index (χ4n) is 1.92. The van der Waals surface area contributed by atoms with Crippen LogP contribution in [0.5, 0.6) is 0 Å². The molecule has 0 spiro atoms. The van der Waals surface area contributed by atoms with E-state index in [-0.39, 0.29) is 12.6 Å². The van der Waals surface area contributed by atoms with E-state index in [1.807, 2.05) is 30.3 Å². The molecule has 0 aliphatic heterocycles. The molecular formula is C15H12N2O2. The van der Waals surface area contributed by atoms with Crippen molar-refractivity contribution < 1.29 is 9.53 Å². The molecule has 0 aliphatic carbocycles. The summed E-state index contributed by atoms with van der Waals surface area (Å²) in [6, 6.07) is 13.3. The highest BCUT2D eigenvalue weighted by molar-refractivity contribution is 5.89.